The maximum absolute atomic E-state index is 13.0. The third-order valence-electron chi connectivity index (χ3n) is 4.18. The first-order valence-corrected chi connectivity index (χ1v) is 8.86. The SMILES string of the molecule is Cc1ccc(NCc2cc(Cl)ccc2OCc2ccc(F)cc2)c(C)c1. The molecule has 1 N–H and O–H groups in total. The van der Waals surface area contributed by atoms with Crippen LogP contribution in [-0.2, 0) is 13.2 Å². The second kappa shape index (κ2) is 8.24. The highest BCUT2D eigenvalue weighted by molar-refractivity contribution is 6.30. The van der Waals surface area contributed by atoms with Gasteiger partial charge in [0.15, 0.2) is 0 Å². The summed E-state index contributed by atoms with van der Waals surface area (Å²) >= 11 is 6.16. The van der Waals surface area contributed by atoms with Crippen LogP contribution in [0.2, 0.25) is 5.02 Å². The van der Waals surface area contributed by atoms with E-state index in [1.54, 1.807) is 12.1 Å². The van der Waals surface area contributed by atoms with Crippen molar-refractivity contribution in [3.8, 4) is 5.75 Å². The highest BCUT2D eigenvalue weighted by atomic mass is 35.5. The number of nitrogens with one attached hydrogen (secondary N) is 1. The molecule has 0 heterocycles. The van der Waals surface area contributed by atoms with E-state index in [0.717, 1.165) is 22.6 Å². The molecule has 0 saturated carbocycles. The predicted molar refractivity (Wildman–Crippen MR) is 105 cm³/mol. The molecule has 2 nitrogen and oxygen atoms in total. The number of aryl methyl sites for hydroxylation is 2. The molecule has 0 aliphatic heterocycles. The standard InChI is InChI=1S/C22H21ClFNO/c1-15-3-9-21(16(2)11-15)25-13-18-12-19(23)6-10-22(18)26-14-17-4-7-20(24)8-5-17/h3-12,25H,13-14H2,1-2H3. The Balaban J connectivity index is 1.71. The lowest BCUT2D eigenvalue weighted by molar-refractivity contribution is 0.303. The molecule has 0 radical (unpaired) electrons. The number of benzene rings is 3. The van der Waals surface area contributed by atoms with Crippen LogP contribution in [0.5, 0.6) is 5.75 Å². The second-order valence-corrected chi connectivity index (χ2v) is 6.78. The molecular weight excluding hydrogens is 349 g/mol. The Morgan fingerprint density at radius 2 is 1.73 bits per heavy atom. The van der Waals surface area contributed by atoms with E-state index in [0.29, 0.717) is 18.2 Å². The van der Waals surface area contributed by atoms with Crippen LogP contribution in [0.3, 0.4) is 0 Å². The van der Waals surface area contributed by atoms with Crippen LogP contribution in [0.4, 0.5) is 10.1 Å². The molecule has 0 amide bonds. The van der Waals surface area contributed by atoms with Gasteiger partial charge in [-0.25, -0.2) is 4.39 Å². The average molecular weight is 370 g/mol. The molecule has 0 aliphatic rings. The lowest BCUT2D eigenvalue weighted by Gasteiger charge is -2.15. The maximum Gasteiger partial charge on any atom is 0.124 e. The van der Waals surface area contributed by atoms with Gasteiger partial charge in [-0.3, -0.25) is 0 Å². The van der Waals surface area contributed by atoms with Gasteiger partial charge < -0.3 is 10.1 Å². The van der Waals surface area contributed by atoms with Crippen LogP contribution in [0.25, 0.3) is 0 Å². The molecule has 0 saturated heterocycles. The number of anilines is 1. The molecule has 3 aromatic rings. The molecular formula is C22H21ClFNO. The Labute approximate surface area is 158 Å². The normalized spacial score (nSPS) is 10.6. The fraction of sp³-hybridized carbons (Fsp3) is 0.182. The van der Waals surface area contributed by atoms with E-state index in [1.807, 2.05) is 18.2 Å². The third kappa shape index (κ3) is 4.77. The van der Waals surface area contributed by atoms with Crippen molar-refractivity contribution in [2.24, 2.45) is 0 Å². The Bertz CT molecular complexity index is 893. The summed E-state index contributed by atoms with van der Waals surface area (Å²) < 4.78 is 18.9. The van der Waals surface area contributed by atoms with E-state index >= 15 is 0 Å². The molecule has 0 bridgehead atoms. The third-order valence-corrected chi connectivity index (χ3v) is 4.42. The Hall–Kier alpha value is -2.52. The summed E-state index contributed by atoms with van der Waals surface area (Å²) in [6, 6.07) is 18.2. The molecule has 3 rings (SSSR count). The Morgan fingerprint density at radius 1 is 0.962 bits per heavy atom. The first kappa shape index (κ1) is 18.3. The van der Waals surface area contributed by atoms with Crippen LogP contribution in [0.15, 0.2) is 60.7 Å². The number of rotatable bonds is 6. The van der Waals surface area contributed by atoms with Gasteiger partial charge in [-0.1, -0.05) is 41.4 Å². The van der Waals surface area contributed by atoms with Crippen LogP contribution in [0, 0.1) is 19.7 Å². The van der Waals surface area contributed by atoms with Crippen LogP contribution < -0.4 is 10.1 Å². The van der Waals surface area contributed by atoms with Crippen LogP contribution in [-0.4, -0.2) is 0 Å². The summed E-state index contributed by atoms with van der Waals surface area (Å²) in [6.07, 6.45) is 0. The number of hydrogen-bond acceptors (Lipinski definition) is 2. The first-order chi connectivity index (χ1) is 12.5. The smallest absolute Gasteiger partial charge is 0.124 e. The molecule has 0 spiro atoms. The molecule has 0 unspecified atom stereocenters. The molecule has 26 heavy (non-hydrogen) atoms. The zero-order valence-corrected chi connectivity index (χ0v) is 15.6. The molecule has 0 aliphatic carbocycles. The van der Waals surface area contributed by atoms with Gasteiger partial charge >= 0.3 is 0 Å². The molecule has 0 atom stereocenters. The van der Waals surface area contributed by atoms with Crippen molar-refractivity contribution in [2.45, 2.75) is 27.0 Å². The summed E-state index contributed by atoms with van der Waals surface area (Å²) in [5.74, 6) is 0.509. The highest BCUT2D eigenvalue weighted by Gasteiger charge is 2.07. The summed E-state index contributed by atoms with van der Waals surface area (Å²) in [4.78, 5) is 0. The van der Waals surface area contributed by atoms with E-state index in [4.69, 9.17) is 16.3 Å². The molecule has 0 aromatic heterocycles. The minimum atomic E-state index is -0.251. The fourth-order valence-corrected chi connectivity index (χ4v) is 2.97. The summed E-state index contributed by atoms with van der Waals surface area (Å²) in [5, 5.41) is 4.10. The van der Waals surface area contributed by atoms with Gasteiger partial charge in [-0.05, 0) is 61.4 Å². The number of halogens is 2. The van der Waals surface area contributed by atoms with Gasteiger partial charge in [-0.2, -0.15) is 0 Å². The van der Waals surface area contributed by atoms with Gasteiger partial charge in [-0.15, -0.1) is 0 Å². The molecule has 3 aromatic carbocycles. The minimum absolute atomic E-state index is 0.251. The van der Waals surface area contributed by atoms with Gasteiger partial charge in [0.2, 0.25) is 0 Å². The fourth-order valence-electron chi connectivity index (χ4n) is 2.77. The average Bonchev–Trinajstić information content (AvgIpc) is 2.61. The lowest BCUT2D eigenvalue weighted by atomic mass is 10.1. The molecule has 4 heteroatoms. The highest BCUT2D eigenvalue weighted by Crippen LogP contribution is 2.26. The quantitative estimate of drug-likeness (QED) is 0.551. The van der Waals surface area contributed by atoms with E-state index in [1.165, 1.54) is 23.3 Å². The van der Waals surface area contributed by atoms with E-state index in [2.05, 4.69) is 37.4 Å². The zero-order valence-electron chi connectivity index (χ0n) is 14.9. The molecule has 0 fully saturated rings. The van der Waals surface area contributed by atoms with E-state index in [9.17, 15) is 4.39 Å². The summed E-state index contributed by atoms with van der Waals surface area (Å²) in [6.45, 7) is 5.13. The van der Waals surface area contributed by atoms with Gasteiger partial charge in [0.05, 0.1) is 0 Å². The monoisotopic (exact) mass is 369 g/mol. The number of ether oxygens (including phenoxy) is 1. The largest absolute Gasteiger partial charge is 0.489 e. The van der Waals surface area contributed by atoms with E-state index < -0.39 is 0 Å². The number of hydrogen-bond donors (Lipinski definition) is 1. The van der Waals surface area contributed by atoms with Gasteiger partial charge in [0, 0.05) is 22.8 Å². The lowest BCUT2D eigenvalue weighted by Crippen LogP contribution is -2.05. The van der Waals surface area contributed by atoms with Crippen molar-refractivity contribution < 1.29 is 9.13 Å². The van der Waals surface area contributed by atoms with Crippen molar-refractivity contribution in [1.29, 1.82) is 0 Å². The zero-order chi connectivity index (χ0) is 18.5. The van der Waals surface area contributed by atoms with E-state index in [-0.39, 0.29) is 5.82 Å². The minimum Gasteiger partial charge on any atom is -0.489 e. The Kier molecular flexibility index (Phi) is 5.79. The maximum atomic E-state index is 13.0. The first-order valence-electron chi connectivity index (χ1n) is 8.48. The summed E-state index contributed by atoms with van der Waals surface area (Å²) in [7, 11) is 0. The van der Waals surface area contributed by atoms with Gasteiger partial charge in [0.1, 0.15) is 18.2 Å². The van der Waals surface area contributed by atoms with Crippen molar-refractivity contribution in [2.75, 3.05) is 5.32 Å². The Morgan fingerprint density at radius 3 is 2.46 bits per heavy atom. The van der Waals surface area contributed by atoms with Gasteiger partial charge in [0.25, 0.3) is 0 Å². The molecule has 134 valence electrons. The predicted octanol–water partition coefficient (Wildman–Crippen LogP) is 6.29. The van der Waals surface area contributed by atoms with Crippen molar-refractivity contribution in [3.05, 3.63) is 93.8 Å². The van der Waals surface area contributed by atoms with Crippen molar-refractivity contribution in [3.63, 3.8) is 0 Å². The topological polar surface area (TPSA) is 21.3 Å². The van der Waals surface area contributed by atoms with Crippen molar-refractivity contribution >= 4 is 17.3 Å². The van der Waals surface area contributed by atoms with Crippen LogP contribution >= 0.6 is 11.6 Å². The summed E-state index contributed by atoms with van der Waals surface area (Å²) in [5.41, 5.74) is 5.40. The second-order valence-electron chi connectivity index (χ2n) is 6.34. The van der Waals surface area contributed by atoms with Crippen LogP contribution in [0.1, 0.15) is 22.3 Å². The van der Waals surface area contributed by atoms with Crippen molar-refractivity contribution in [1.82, 2.24) is 0 Å².